The highest BCUT2D eigenvalue weighted by Gasteiger charge is 2.68. The minimum atomic E-state index is -0.0482. The number of nitrogens with zero attached hydrogens (tertiary/aromatic N) is 2. The molecule has 2 bridgehead atoms. The maximum Gasteiger partial charge on any atom is 0.257 e. The number of amides is 1. The van der Waals surface area contributed by atoms with Gasteiger partial charge in [0, 0.05) is 28.6 Å². The lowest BCUT2D eigenvalue weighted by Gasteiger charge is -2.67. The Hall–Kier alpha value is -2.21. The van der Waals surface area contributed by atoms with Gasteiger partial charge in [0.2, 0.25) is 0 Å². The molecular weight excluding hydrogens is 304 g/mol. The van der Waals surface area contributed by atoms with Crippen LogP contribution in [0.4, 0.5) is 0 Å². The van der Waals surface area contributed by atoms with E-state index >= 15 is 0 Å². The first-order valence-electron chi connectivity index (χ1n) is 8.57. The van der Waals surface area contributed by atoms with Crippen molar-refractivity contribution in [2.75, 3.05) is 6.54 Å². The predicted molar refractivity (Wildman–Crippen MR) is 87.2 cm³/mol. The van der Waals surface area contributed by atoms with E-state index < -0.39 is 0 Å². The first-order chi connectivity index (χ1) is 11.6. The van der Waals surface area contributed by atoms with Crippen molar-refractivity contribution in [1.29, 1.82) is 0 Å². The van der Waals surface area contributed by atoms with Gasteiger partial charge in [-0.15, -0.1) is 0 Å². The lowest BCUT2D eigenvalue weighted by Crippen LogP contribution is -2.74. The number of hydrogen-bond donors (Lipinski definition) is 2. The summed E-state index contributed by atoms with van der Waals surface area (Å²) in [5.41, 5.74) is 7.56. The van der Waals surface area contributed by atoms with Gasteiger partial charge < -0.3 is 15.6 Å². The molecule has 3 N–H and O–H groups in total. The number of benzene rings is 1. The van der Waals surface area contributed by atoms with E-state index in [1.165, 1.54) is 12.8 Å². The van der Waals surface area contributed by atoms with E-state index in [1.807, 2.05) is 24.3 Å². The Morgan fingerprint density at radius 3 is 2.83 bits per heavy atom. The van der Waals surface area contributed by atoms with Crippen molar-refractivity contribution >= 4 is 5.91 Å². The summed E-state index contributed by atoms with van der Waals surface area (Å²) in [5, 5.41) is 7.13. The third-order valence-corrected chi connectivity index (χ3v) is 5.59. The summed E-state index contributed by atoms with van der Waals surface area (Å²) in [6, 6.07) is 7.36. The molecule has 24 heavy (non-hydrogen) atoms. The van der Waals surface area contributed by atoms with Gasteiger partial charge in [-0.25, -0.2) is 0 Å². The molecule has 2 aromatic rings. The van der Waals surface area contributed by atoms with Crippen LogP contribution in [0.2, 0.25) is 0 Å². The van der Waals surface area contributed by atoms with E-state index in [-0.39, 0.29) is 16.9 Å². The van der Waals surface area contributed by atoms with E-state index in [0.29, 0.717) is 17.4 Å². The first-order valence-corrected chi connectivity index (χ1v) is 8.57. The summed E-state index contributed by atoms with van der Waals surface area (Å²) in [6.07, 6.45) is 5.28. The number of carbonyl (C=O) groups is 1. The minimum absolute atomic E-state index is 0.0142. The number of aromatic nitrogens is 2. The number of nitrogens with one attached hydrogen (secondary N) is 1. The zero-order chi connectivity index (χ0) is 16.4. The highest BCUT2D eigenvalue weighted by Crippen LogP contribution is 2.65. The Bertz CT molecular complexity index is 804. The second kappa shape index (κ2) is 4.66. The molecule has 0 spiro atoms. The lowest BCUT2D eigenvalue weighted by molar-refractivity contribution is -0.0664. The quantitative estimate of drug-likeness (QED) is 0.877. The van der Waals surface area contributed by atoms with Crippen molar-refractivity contribution in [3.8, 4) is 11.5 Å². The topological polar surface area (TPSA) is 94.0 Å². The summed E-state index contributed by atoms with van der Waals surface area (Å²) in [4.78, 5) is 16.8. The maximum atomic E-state index is 12.2. The molecule has 4 aliphatic carbocycles. The molecule has 1 aromatic carbocycles. The fourth-order valence-corrected chi connectivity index (χ4v) is 4.11. The number of nitrogens with two attached hydrogens (primary N) is 1. The van der Waals surface area contributed by atoms with E-state index in [0.717, 1.165) is 37.2 Å². The van der Waals surface area contributed by atoms with Crippen LogP contribution in [0.25, 0.3) is 11.5 Å². The maximum absolute atomic E-state index is 12.2. The molecule has 4 fully saturated rings. The van der Waals surface area contributed by atoms with Crippen LogP contribution in [0.3, 0.4) is 0 Å². The van der Waals surface area contributed by atoms with Gasteiger partial charge >= 0.3 is 0 Å². The van der Waals surface area contributed by atoms with Gasteiger partial charge in [0.1, 0.15) is 0 Å². The monoisotopic (exact) mass is 324 g/mol. The molecule has 1 heterocycles. The Labute approximate surface area is 139 Å². The molecule has 6 nitrogen and oxygen atoms in total. The molecule has 1 aromatic heterocycles. The lowest BCUT2D eigenvalue weighted by atomic mass is 9.39. The summed E-state index contributed by atoms with van der Waals surface area (Å²) in [7, 11) is 0. The summed E-state index contributed by atoms with van der Waals surface area (Å²) < 4.78 is 5.44. The van der Waals surface area contributed by atoms with E-state index in [2.05, 4.69) is 15.5 Å². The average Bonchev–Trinajstić information content (AvgIpc) is 3.23. The van der Waals surface area contributed by atoms with Crippen LogP contribution < -0.4 is 11.1 Å². The van der Waals surface area contributed by atoms with Crippen molar-refractivity contribution in [1.82, 2.24) is 15.5 Å². The van der Waals surface area contributed by atoms with Crippen molar-refractivity contribution < 1.29 is 9.32 Å². The molecule has 124 valence electrons. The standard InChI is InChI=1S/C18H20N4O2/c19-18-8-17(9-18,10-18)16-21-15(24-22-16)13-3-1-2-12(6-13)14(23)20-7-11-4-5-11/h1-3,6,11H,4-5,7-10,19H2,(H,20,23). The molecule has 0 atom stereocenters. The van der Waals surface area contributed by atoms with Gasteiger partial charge in [-0.05, 0) is 56.2 Å². The van der Waals surface area contributed by atoms with Crippen molar-refractivity contribution in [2.24, 2.45) is 11.7 Å². The smallest absolute Gasteiger partial charge is 0.257 e. The molecule has 1 amide bonds. The molecule has 0 unspecified atom stereocenters. The first kappa shape index (κ1) is 14.2. The molecule has 0 saturated heterocycles. The highest BCUT2D eigenvalue weighted by molar-refractivity contribution is 5.95. The summed E-state index contributed by atoms with van der Waals surface area (Å²) >= 11 is 0. The Kier molecular flexibility index (Phi) is 2.75. The van der Waals surface area contributed by atoms with E-state index in [1.54, 1.807) is 0 Å². The molecule has 4 aliphatic rings. The molecule has 0 aliphatic heterocycles. The van der Waals surface area contributed by atoms with Crippen LogP contribution in [-0.4, -0.2) is 28.1 Å². The van der Waals surface area contributed by atoms with Crippen LogP contribution in [0.15, 0.2) is 28.8 Å². The number of rotatable bonds is 5. The Morgan fingerprint density at radius 1 is 1.33 bits per heavy atom. The van der Waals surface area contributed by atoms with Crippen LogP contribution >= 0.6 is 0 Å². The normalized spacial score (nSPS) is 30.4. The highest BCUT2D eigenvalue weighted by atomic mass is 16.5. The molecular formula is C18H20N4O2. The van der Waals surface area contributed by atoms with Crippen LogP contribution in [0, 0.1) is 5.92 Å². The fourth-order valence-electron chi connectivity index (χ4n) is 4.11. The van der Waals surface area contributed by atoms with Gasteiger partial charge in [-0.3, -0.25) is 4.79 Å². The fraction of sp³-hybridized carbons (Fsp3) is 0.500. The number of hydrogen-bond acceptors (Lipinski definition) is 5. The third kappa shape index (κ3) is 2.17. The van der Waals surface area contributed by atoms with Crippen LogP contribution in [0.5, 0.6) is 0 Å². The SMILES string of the molecule is NC12CC(c3noc(-c4cccc(C(=O)NCC5CC5)c4)n3)(C1)C2. The van der Waals surface area contributed by atoms with Gasteiger partial charge in [-0.1, -0.05) is 11.2 Å². The van der Waals surface area contributed by atoms with E-state index in [9.17, 15) is 4.79 Å². The van der Waals surface area contributed by atoms with Crippen LogP contribution in [-0.2, 0) is 5.41 Å². The van der Waals surface area contributed by atoms with Gasteiger partial charge in [-0.2, -0.15) is 4.98 Å². The predicted octanol–water partition coefficient (Wildman–Crippen LogP) is 2.01. The van der Waals surface area contributed by atoms with Gasteiger partial charge in [0.25, 0.3) is 11.8 Å². The second-order valence-corrected chi connectivity index (χ2v) is 7.83. The molecule has 4 saturated carbocycles. The second-order valence-electron chi connectivity index (χ2n) is 7.83. The minimum Gasteiger partial charge on any atom is -0.352 e. The largest absolute Gasteiger partial charge is 0.352 e. The molecule has 0 radical (unpaired) electrons. The average molecular weight is 324 g/mol. The van der Waals surface area contributed by atoms with Gasteiger partial charge in [0.15, 0.2) is 5.82 Å². The zero-order valence-corrected chi connectivity index (χ0v) is 13.4. The van der Waals surface area contributed by atoms with E-state index in [4.69, 9.17) is 10.3 Å². The van der Waals surface area contributed by atoms with Crippen molar-refractivity contribution in [2.45, 2.75) is 43.1 Å². The summed E-state index contributed by atoms with van der Waals surface area (Å²) in [5.74, 6) is 1.84. The van der Waals surface area contributed by atoms with Gasteiger partial charge in [0.05, 0.1) is 0 Å². The third-order valence-electron chi connectivity index (χ3n) is 5.59. The van der Waals surface area contributed by atoms with Crippen LogP contribution in [0.1, 0.15) is 48.3 Å². The van der Waals surface area contributed by atoms with Crippen molar-refractivity contribution in [3.63, 3.8) is 0 Å². The summed E-state index contributed by atoms with van der Waals surface area (Å²) in [6.45, 7) is 0.761. The molecule has 6 heteroatoms. The Balaban J connectivity index is 1.34. The molecule has 6 rings (SSSR count). The van der Waals surface area contributed by atoms with Crippen molar-refractivity contribution in [3.05, 3.63) is 35.7 Å². The number of carbonyl (C=O) groups excluding carboxylic acids is 1. The zero-order valence-electron chi connectivity index (χ0n) is 13.4. The Morgan fingerprint density at radius 2 is 2.12 bits per heavy atom.